The molecule has 0 spiro atoms. The smallest absolute Gasteiger partial charge is 0.238 e. The Morgan fingerprint density at radius 2 is 1.84 bits per heavy atom. The lowest BCUT2D eigenvalue weighted by atomic mass is 10.1. The number of hydrogen-bond donors (Lipinski definition) is 0. The zero-order valence-corrected chi connectivity index (χ0v) is 19.4. The van der Waals surface area contributed by atoms with Crippen LogP contribution in [0.4, 0.5) is 5.69 Å². The summed E-state index contributed by atoms with van der Waals surface area (Å²) < 4.78 is 2.26. The molecule has 2 aliphatic rings. The number of para-hydroxylation sites is 1. The average molecular weight is 451 g/mol. The molecule has 1 aliphatic heterocycles. The second-order valence-corrected chi connectivity index (χ2v) is 10.4. The lowest BCUT2D eigenvalue weighted by Gasteiger charge is -2.37. The van der Waals surface area contributed by atoms with Crippen molar-refractivity contribution in [2.75, 3.05) is 16.4 Å². The van der Waals surface area contributed by atoms with Gasteiger partial charge in [0.05, 0.1) is 17.5 Å². The summed E-state index contributed by atoms with van der Waals surface area (Å²) in [5.41, 5.74) is 2.18. The molecule has 5 rings (SSSR count). The molecule has 0 radical (unpaired) electrons. The van der Waals surface area contributed by atoms with Crippen molar-refractivity contribution in [1.82, 2.24) is 14.8 Å². The molecule has 5 nitrogen and oxygen atoms in total. The number of hydrogen-bond acceptors (Lipinski definition) is 5. The van der Waals surface area contributed by atoms with Crippen LogP contribution in [0.3, 0.4) is 0 Å². The second kappa shape index (κ2) is 8.71. The van der Waals surface area contributed by atoms with Gasteiger partial charge >= 0.3 is 0 Å². The van der Waals surface area contributed by atoms with E-state index in [4.69, 9.17) is 0 Å². The van der Waals surface area contributed by atoms with Crippen LogP contribution in [0, 0.1) is 0 Å². The largest absolute Gasteiger partial charge is 0.303 e. The third kappa shape index (κ3) is 4.13. The van der Waals surface area contributed by atoms with E-state index in [-0.39, 0.29) is 11.9 Å². The van der Waals surface area contributed by atoms with Crippen molar-refractivity contribution in [3.63, 3.8) is 0 Å². The standard InChI is InChI=1S/C24H26N4OS2/c1-16(2)23-25-26-24(27(23)18-12-13-18)31-15-22(29)28-19-10-6-7-11-21(19)30-14-20(28)17-8-4-3-5-9-17/h3-11,16,18,20H,12-15H2,1-2H3. The minimum atomic E-state index is 0.0294. The number of carbonyl (C=O) groups excluding carboxylic acids is 1. The summed E-state index contributed by atoms with van der Waals surface area (Å²) in [4.78, 5) is 16.8. The molecule has 0 saturated heterocycles. The number of carbonyl (C=O) groups is 1. The van der Waals surface area contributed by atoms with Gasteiger partial charge in [-0.25, -0.2) is 0 Å². The van der Waals surface area contributed by atoms with Crippen LogP contribution in [-0.4, -0.2) is 32.2 Å². The van der Waals surface area contributed by atoms with Gasteiger partial charge < -0.3 is 9.47 Å². The van der Waals surface area contributed by atoms with Gasteiger partial charge in [-0.15, -0.1) is 22.0 Å². The molecule has 0 N–H and O–H groups in total. The zero-order valence-electron chi connectivity index (χ0n) is 17.8. The van der Waals surface area contributed by atoms with Gasteiger partial charge in [-0.2, -0.15) is 0 Å². The predicted octanol–water partition coefficient (Wildman–Crippen LogP) is 5.71. The van der Waals surface area contributed by atoms with Crippen molar-refractivity contribution in [1.29, 1.82) is 0 Å². The highest BCUT2D eigenvalue weighted by atomic mass is 32.2. The Kier molecular flexibility index (Phi) is 5.80. The van der Waals surface area contributed by atoms with Crippen molar-refractivity contribution in [2.45, 2.75) is 54.7 Å². The first-order valence-electron chi connectivity index (χ1n) is 10.8. The maximum Gasteiger partial charge on any atom is 0.238 e. The van der Waals surface area contributed by atoms with Crippen molar-refractivity contribution in [3.05, 3.63) is 66.0 Å². The first-order chi connectivity index (χ1) is 15.1. The molecule has 1 saturated carbocycles. The topological polar surface area (TPSA) is 51.0 Å². The van der Waals surface area contributed by atoms with Gasteiger partial charge in [-0.1, -0.05) is 68.1 Å². The first-order valence-corrected chi connectivity index (χ1v) is 12.8. The Bertz CT molecular complexity index is 1080. The van der Waals surface area contributed by atoms with E-state index in [9.17, 15) is 4.79 Å². The van der Waals surface area contributed by atoms with E-state index in [2.05, 4.69) is 52.9 Å². The molecule has 2 aromatic carbocycles. The zero-order chi connectivity index (χ0) is 21.4. The summed E-state index contributed by atoms with van der Waals surface area (Å²) in [6.45, 7) is 4.30. The summed E-state index contributed by atoms with van der Waals surface area (Å²) in [5.74, 6) is 2.67. The minimum Gasteiger partial charge on any atom is -0.303 e. The summed E-state index contributed by atoms with van der Waals surface area (Å²) in [6.07, 6.45) is 2.35. The lowest BCUT2D eigenvalue weighted by Crippen LogP contribution is -2.39. The van der Waals surface area contributed by atoms with Gasteiger partial charge in [0.25, 0.3) is 0 Å². The molecule has 0 bridgehead atoms. The van der Waals surface area contributed by atoms with Gasteiger partial charge in [0, 0.05) is 22.6 Å². The molecule has 160 valence electrons. The first kappa shape index (κ1) is 20.6. The monoisotopic (exact) mass is 450 g/mol. The van der Waals surface area contributed by atoms with E-state index in [0.29, 0.717) is 17.7 Å². The van der Waals surface area contributed by atoms with Crippen LogP contribution in [0.1, 0.15) is 56.1 Å². The highest BCUT2D eigenvalue weighted by molar-refractivity contribution is 8.00. The Labute approximate surface area is 191 Å². The van der Waals surface area contributed by atoms with Crippen LogP contribution in [0.25, 0.3) is 0 Å². The quantitative estimate of drug-likeness (QED) is 0.450. The van der Waals surface area contributed by atoms with Gasteiger partial charge in [0.1, 0.15) is 5.82 Å². The fraction of sp³-hybridized carbons (Fsp3) is 0.375. The summed E-state index contributed by atoms with van der Waals surface area (Å²) in [7, 11) is 0. The van der Waals surface area contributed by atoms with E-state index in [1.807, 2.05) is 47.0 Å². The SMILES string of the molecule is CC(C)c1nnc(SCC(=O)N2c3ccccc3SCC2c2ccccc2)n1C1CC1. The molecular formula is C24H26N4OS2. The van der Waals surface area contributed by atoms with Crippen molar-refractivity contribution >= 4 is 35.1 Å². The van der Waals surface area contributed by atoms with Gasteiger partial charge in [-0.3, -0.25) is 4.79 Å². The minimum absolute atomic E-state index is 0.0294. The number of amides is 1. The summed E-state index contributed by atoms with van der Waals surface area (Å²) in [6, 6.07) is 19.1. The molecule has 1 unspecified atom stereocenters. The summed E-state index contributed by atoms with van der Waals surface area (Å²) >= 11 is 3.34. The molecule has 1 atom stereocenters. The van der Waals surface area contributed by atoms with Crippen LogP contribution >= 0.6 is 23.5 Å². The Hall–Kier alpha value is -2.25. The van der Waals surface area contributed by atoms with E-state index in [1.165, 1.54) is 30.2 Å². The lowest BCUT2D eigenvalue weighted by molar-refractivity contribution is -0.116. The third-order valence-electron chi connectivity index (χ3n) is 5.73. The van der Waals surface area contributed by atoms with E-state index >= 15 is 0 Å². The van der Waals surface area contributed by atoms with Crippen molar-refractivity contribution in [3.8, 4) is 0 Å². The molecule has 31 heavy (non-hydrogen) atoms. The number of thioether (sulfide) groups is 2. The second-order valence-electron chi connectivity index (χ2n) is 8.35. The van der Waals surface area contributed by atoms with Crippen LogP contribution in [0.15, 0.2) is 64.6 Å². The Morgan fingerprint density at radius 1 is 1.10 bits per heavy atom. The summed E-state index contributed by atoms with van der Waals surface area (Å²) in [5, 5.41) is 9.74. The number of rotatable bonds is 6. The van der Waals surface area contributed by atoms with Crippen LogP contribution in [-0.2, 0) is 4.79 Å². The van der Waals surface area contributed by atoms with Gasteiger partial charge in [0.15, 0.2) is 5.16 Å². The van der Waals surface area contributed by atoms with Gasteiger partial charge in [0.2, 0.25) is 5.91 Å². The third-order valence-corrected chi connectivity index (χ3v) is 7.80. The maximum absolute atomic E-state index is 13.6. The molecule has 3 aromatic rings. The number of fused-ring (bicyclic) bond motifs is 1. The van der Waals surface area contributed by atoms with Crippen LogP contribution in [0.5, 0.6) is 0 Å². The van der Waals surface area contributed by atoms with E-state index < -0.39 is 0 Å². The highest BCUT2D eigenvalue weighted by Gasteiger charge is 2.34. The number of anilines is 1. The molecule has 1 aliphatic carbocycles. The van der Waals surface area contributed by atoms with E-state index in [0.717, 1.165) is 27.3 Å². The average Bonchev–Trinajstić information content (AvgIpc) is 3.55. The Balaban J connectivity index is 1.42. The molecular weight excluding hydrogens is 424 g/mol. The fourth-order valence-corrected chi connectivity index (χ4v) is 6.11. The molecule has 1 amide bonds. The van der Waals surface area contributed by atoms with Crippen LogP contribution in [0.2, 0.25) is 0 Å². The number of nitrogens with zero attached hydrogens (tertiary/aromatic N) is 4. The van der Waals surface area contributed by atoms with E-state index in [1.54, 1.807) is 0 Å². The molecule has 1 fully saturated rings. The fourth-order valence-electron chi connectivity index (χ4n) is 4.07. The number of benzene rings is 2. The highest BCUT2D eigenvalue weighted by Crippen LogP contribution is 2.44. The normalized spacial score (nSPS) is 18.3. The Morgan fingerprint density at radius 3 is 2.58 bits per heavy atom. The van der Waals surface area contributed by atoms with Crippen LogP contribution < -0.4 is 4.90 Å². The molecule has 1 aromatic heterocycles. The molecule has 7 heteroatoms. The maximum atomic E-state index is 13.6. The van der Waals surface area contributed by atoms with Gasteiger partial charge in [-0.05, 0) is 30.5 Å². The predicted molar refractivity (Wildman–Crippen MR) is 127 cm³/mol. The number of aromatic nitrogens is 3. The molecule has 2 heterocycles. The van der Waals surface area contributed by atoms with Crippen molar-refractivity contribution < 1.29 is 4.79 Å². The van der Waals surface area contributed by atoms with Crippen molar-refractivity contribution in [2.24, 2.45) is 0 Å².